The molecule has 3 aliphatic heterocycles. The number of rotatable bonds is 5. The summed E-state index contributed by atoms with van der Waals surface area (Å²) in [5.41, 5.74) is 3.66. The maximum Gasteiger partial charge on any atom is 0.337 e. The smallest absolute Gasteiger partial charge is 0.337 e. The lowest BCUT2D eigenvalue weighted by atomic mass is 9.82. The van der Waals surface area contributed by atoms with Gasteiger partial charge in [0.05, 0.1) is 12.7 Å². The van der Waals surface area contributed by atoms with Crippen LogP contribution in [0.4, 0.5) is 4.39 Å². The predicted molar refractivity (Wildman–Crippen MR) is 119 cm³/mol. The van der Waals surface area contributed by atoms with Crippen molar-refractivity contribution in [2.75, 3.05) is 33.3 Å². The van der Waals surface area contributed by atoms with Crippen molar-refractivity contribution in [1.82, 2.24) is 14.4 Å². The number of alkyl halides is 1. The number of carbonyl (C=O) groups is 1. The highest BCUT2D eigenvalue weighted by atomic mass is 19.1. The largest absolute Gasteiger partial charge is 0.465 e. The van der Waals surface area contributed by atoms with Crippen molar-refractivity contribution < 1.29 is 13.9 Å². The second-order valence-corrected chi connectivity index (χ2v) is 9.50. The number of benzene rings is 1. The van der Waals surface area contributed by atoms with E-state index >= 15 is 0 Å². The number of pyridine rings is 1. The quantitative estimate of drug-likeness (QED) is 0.671. The van der Waals surface area contributed by atoms with Crippen molar-refractivity contribution in [3.05, 3.63) is 69.1 Å². The number of hydrogen-bond acceptors (Lipinski definition) is 5. The molecular formula is C25H30FN3O3. The van der Waals surface area contributed by atoms with Gasteiger partial charge in [-0.25, -0.2) is 9.18 Å². The van der Waals surface area contributed by atoms with Crippen LogP contribution in [0.3, 0.4) is 0 Å². The summed E-state index contributed by atoms with van der Waals surface area (Å²) in [4.78, 5) is 29.5. The van der Waals surface area contributed by atoms with E-state index in [2.05, 4.69) is 11.0 Å². The lowest BCUT2D eigenvalue weighted by Crippen LogP contribution is -2.47. The Kier molecular flexibility index (Phi) is 5.86. The van der Waals surface area contributed by atoms with E-state index in [9.17, 15) is 14.0 Å². The van der Waals surface area contributed by atoms with Crippen LogP contribution in [-0.4, -0.2) is 59.8 Å². The first-order valence-electron chi connectivity index (χ1n) is 11.5. The minimum absolute atomic E-state index is 0.0961. The molecule has 0 aliphatic carbocycles. The first kappa shape index (κ1) is 21.3. The van der Waals surface area contributed by atoms with Gasteiger partial charge < -0.3 is 9.30 Å². The van der Waals surface area contributed by atoms with Gasteiger partial charge in [0.15, 0.2) is 0 Å². The first-order valence-corrected chi connectivity index (χ1v) is 11.5. The van der Waals surface area contributed by atoms with Crippen molar-refractivity contribution in [1.29, 1.82) is 0 Å². The van der Waals surface area contributed by atoms with E-state index in [1.165, 1.54) is 7.11 Å². The molecule has 3 atom stereocenters. The lowest BCUT2D eigenvalue weighted by molar-refractivity contribution is 0.0600. The molecule has 32 heavy (non-hydrogen) atoms. The van der Waals surface area contributed by atoms with Gasteiger partial charge in [-0.2, -0.15) is 0 Å². The minimum Gasteiger partial charge on any atom is -0.465 e. The molecule has 0 N–H and O–H groups in total. The fraction of sp³-hybridized carbons (Fsp3) is 0.520. The molecule has 7 heteroatoms. The van der Waals surface area contributed by atoms with E-state index in [-0.39, 0.29) is 11.5 Å². The second kappa shape index (κ2) is 8.79. The van der Waals surface area contributed by atoms with Crippen LogP contribution in [-0.2, 0) is 24.4 Å². The first-order chi connectivity index (χ1) is 15.5. The number of methoxy groups -OCH3 is 1. The van der Waals surface area contributed by atoms with Gasteiger partial charge in [0.2, 0.25) is 0 Å². The van der Waals surface area contributed by atoms with E-state index in [0.717, 1.165) is 56.0 Å². The third-order valence-electron chi connectivity index (χ3n) is 7.12. The zero-order valence-corrected chi connectivity index (χ0v) is 18.5. The Hall–Kier alpha value is -2.51. The monoisotopic (exact) mass is 439 g/mol. The molecule has 4 heterocycles. The topological polar surface area (TPSA) is 54.8 Å². The maximum absolute atomic E-state index is 13.5. The van der Waals surface area contributed by atoms with E-state index in [4.69, 9.17) is 4.74 Å². The number of ether oxygens (including phenoxy) is 1. The molecule has 2 aromatic rings. The highest BCUT2D eigenvalue weighted by Gasteiger charge is 2.35. The number of piperidine rings is 1. The Bertz CT molecular complexity index is 1070. The molecule has 0 unspecified atom stereocenters. The molecule has 2 bridgehead atoms. The highest BCUT2D eigenvalue weighted by molar-refractivity contribution is 5.89. The van der Waals surface area contributed by atoms with Gasteiger partial charge in [0, 0.05) is 63.0 Å². The van der Waals surface area contributed by atoms with Crippen LogP contribution < -0.4 is 5.56 Å². The molecular weight excluding hydrogens is 409 g/mol. The minimum atomic E-state index is -0.769. The van der Waals surface area contributed by atoms with Crippen molar-refractivity contribution in [3.8, 4) is 0 Å². The highest BCUT2D eigenvalue weighted by Crippen LogP contribution is 2.35. The van der Waals surface area contributed by atoms with Gasteiger partial charge in [0.25, 0.3) is 5.56 Å². The molecule has 0 amide bonds. The van der Waals surface area contributed by atoms with E-state index in [1.807, 2.05) is 33.7 Å². The molecule has 2 saturated heterocycles. The number of halogens is 1. The van der Waals surface area contributed by atoms with E-state index in [0.29, 0.717) is 36.9 Å². The van der Waals surface area contributed by atoms with Crippen LogP contribution in [0.25, 0.3) is 0 Å². The zero-order valence-electron chi connectivity index (χ0n) is 18.5. The number of nitrogens with zero attached hydrogens (tertiary/aromatic N) is 3. The van der Waals surface area contributed by atoms with E-state index < -0.39 is 6.17 Å². The number of carbonyl (C=O) groups excluding carboxylic acids is 1. The van der Waals surface area contributed by atoms with Crippen molar-refractivity contribution in [3.63, 3.8) is 0 Å². The van der Waals surface area contributed by atoms with Crippen molar-refractivity contribution >= 4 is 5.97 Å². The van der Waals surface area contributed by atoms with Crippen LogP contribution >= 0.6 is 0 Å². The van der Waals surface area contributed by atoms with Crippen LogP contribution in [0.1, 0.15) is 45.9 Å². The molecule has 3 aliphatic rings. The van der Waals surface area contributed by atoms with Gasteiger partial charge in [-0.15, -0.1) is 0 Å². The molecule has 1 aromatic carbocycles. The predicted octanol–water partition coefficient (Wildman–Crippen LogP) is 2.80. The zero-order chi connectivity index (χ0) is 22.2. The third kappa shape index (κ3) is 4.24. The molecule has 2 fully saturated rings. The summed E-state index contributed by atoms with van der Waals surface area (Å²) < 4.78 is 20.3. The van der Waals surface area contributed by atoms with Crippen LogP contribution in [0.15, 0.2) is 41.2 Å². The molecule has 170 valence electrons. The summed E-state index contributed by atoms with van der Waals surface area (Å²) in [5, 5.41) is 0. The summed E-state index contributed by atoms with van der Waals surface area (Å²) >= 11 is 0. The summed E-state index contributed by atoms with van der Waals surface area (Å²) in [5.74, 6) is 0.442. The molecule has 0 radical (unpaired) electrons. The Balaban J connectivity index is 1.31. The van der Waals surface area contributed by atoms with Crippen LogP contribution in [0.2, 0.25) is 0 Å². The van der Waals surface area contributed by atoms with Gasteiger partial charge >= 0.3 is 5.97 Å². The second-order valence-electron chi connectivity index (χ2n) is 9.50. The maximum atomic E-state index is 13.5. The van der Waals surface area contributed by atoms with Gasteiger partial charge in [-0.05, 0) is 42.5 Å². The summed E-state index contributed by atoms with van der Waals surface area (Å²) in [6, 6.07) is 11.7. The number of fused-ring (bicyclic) bond motifs is 4. The SMILES string of the molecule is COC(=O)c1cccc(CN2C[C@@H]3C[C@H](C2)c2ccc(CN4CC[C@@H](F)C4)c(=O)n2C3)c1. The van der Waals surface area contributed by atoms with Crippen molar-refractivity contribution in [2.45, 2.75) is 44.6 Å². The fourth-order valence-corrected chi connectivity index (χ4v) is 5.68. The number of aromatic nitrogens is 1. The van der Waals surface area contributed by atoms with Crippen molar-refractivity contribution in [2.24, 2.45) is 5.92 Å². The van der Waals surface area contributed by atoms with Gasteiger partial charge in [-0.1, -0.05) is 18.2 Å². The summed E-state index contributed by atoms with van der Waals surface area (Å²) in [7, 11) is 1.40. The standard InChI is InChI=1S/C25H30FN3O3/c1-32-25(31)19-4-2-3-17(9-19)11-28-12-18-10-21(15-28)23-6-5-20(24(30)29(23)13-18)14-27-8-7-22(26)16-27/h2-6,9,18,21-22H,7-8,10-16H2,1H3/t18-,21+,22+/m0/s1. The molecule has 0 spiro atoms. The van der Waals surface area contributed by atoms with Crippen LogP contribution in [0, 0.1) is 5.92 Å². The average Bonchev–Trinajstić information content (AvgIpc) is 3.20. The van der Waals surface area contributed by atoms with Crippen LogP contribution in [0.5, 0.6) is 0 Å². The normalized spacial score (nSPS) is 25.5. The molecule has 0 saturated carbocycles. The molecule has 6 nitrogen and oxygen atoms in total. The molecule has 5 rings (SSSR count). The summed E-state index contributed by atoms with van der Waals surface area (Å²) in [6.45, 7) is 5.04. The Morgan fingerprint density at radius 2 is 1.97 bits per heavy atom. The average molecular weight is 440 g/mol. The number of hydrogen-bond donors (Lipinski definition) is 0. The van der Waals surface area contributed by atoms with E-state index in [1.54, 1.807) is 6.07 Å². The van der Waals surface area contributed by atoms with Gasteiger partial charge in [0.1, 0.15) is 6.17 Å². The number of esters is 1. The summed E-state index contributed by atoms with van der Waals surface area (Å²) in [6.07, 6.45) is 0.899. The molecule has 1 aromatic heterocycles. The third-order valence-corrected chi connectivity index (χ3v) is 7.12. The lowest BCUT2D eigenvalue weighted by Gasteiger charge is -2.43. The van der Waals surface area contributed by atoms with Gasteiger partial charge in [-0.3, -0.25) is 14.6 Å². The number of likely N-dealkylation sites (tertiary alicyclic amines) is 2. The fourth-order valence-electron chi connectivity index (χ4n) is 5.68. The Morgan fingerprint density at radius 3 is 2.75 bits per heavy atom. The Morgan fingerprint density at radius 1 is 1.09 bits per heavy atom. The Labute approximate surface area is 187 Å².